The first-order valence-corrected chi connectivity index (χ1v) is 9.14. The molecule has 0 aliphatic carbocycles. The molecule has 0 atom stereocenters. The summed E-state index contributed by atoms with van der Waals surface area (Å²) in [6, 6.07) is 23.3. The second-order valence-electron chi connectivity index (χ2n) is 6.82. The van der Waals surface area contributed by atoms with Gasteiger partial charge in [0.05, 0.1) is 22.3 Å². The Morgan fingerprint density at radius 3 is 2.55 bits per heavy atom. The van der Waals surface area contributed by atoms with Gasteiger partial charge in [-0.3, -0.25) is 9.20 Å². The van der Waals surface area contributed by atoms with Crippen molar-refractivity contribution in [2.24, 2.45) is 10.2 Å². The van der Waals surface area contributed by atoms with E-state index in [1.54, 1.807) is 6.92 Å². The molecule has 0 fully saturated rings. The monoisotopic (exact) mass is 377 g/mol. The highest BCUT2D eigenvalue weighted by Crippen LogP contribution is 2.27. The average molecular weight is 377 g/mol. The number of imidazole rings is 1. The Hall–Kier alpha value is -4.24. The number of nitrogens with one attached hydrogen (secondary N) is 1. The molecule has 0 aliphatic rings. The summed E-state index contributed by atoms with van der Waals surface area (Å²) in [6.45, 7) is 1.72. The number of nitrogens with zero attached hydrogens (tertiary/aromatic N) is 4. The summed E-state index contributed by atoms with van der Waals surface area (Å²) in [6.07, 6.45) is 0. The molecule has 1 N–H and O–H groups in total. The maximum atomic E-state index is 13.2. The second-order valence-corrected chi connectivity index (χ2v) is 6.82. The van der Waals surface area contributed by atoms with E-state index in [9.17, 15) is 10.1 Å². The Morgan fingerprint density at radius 2 is 1.72 bits per heavy atom. The minimum Gasteiger partial charge on any atom is -0.338 e. The molecule has 3 aromatic carbocycles. The number of aromatic amines is 1. The van der Waals surface area contributed by atoms with Crippen LogP contribution in [0.3, 0.4) is 0 Å². The minimum atomic E-state index is -0.307. The van der Waals surface area contributed by atoms with Crippen molar-refractivity contribution in [1.82, 2.24) is 9.38 Å². The van der Waals surface area contributed by atoms with Crippen LogP contribution in [0.15, 0.2) is 81.8 Å². The molecule has 29 heavy (non-hydrogen) atoms. The van der Waals surface area contributed by atoms with E-state index in [0.717, 1.165) is 16.3 Å². The molecule has 5 rings (SSSR count). The van der Waals surface area contributed by atoms with Crippen molar-refractivity contribution in [2.75, 3.05) is 0 Å². The zero-order valence-corrected chi connectivity index (χ0v) is 15.5. The van der Waals surface area contributed by atoms with Crippen LogP contribution in [-0.4, -0.2) is 9.38 Å². The summed E-state index contributed by atoms with van der Waals surface area (Å²) in [7, 11) is 0. The normalized spacial score (nSPS) is 11.6. The quantitative estimate of drug-likeness (QED) is 0.410. The number of aromatic nitrogens is 2. The maximum Gasteiger partial charge on any atom is 0.284 e. The van der Waals surface area contributed by atoms with E-state index in [4.69, 9.17) is 0 Å². The Kier molecular flexibility index (Phi) is 3.75. The number of pyridine rings is 1. The SMILES string of the molecule is Cc1c(N=Nc2ccc3ccccc3c2)c(=O)n2c([nH]c3ccccc32)c1C#N. The summed E-state index contributed by atoms with van der Waals surface area (Å²) < 4.78 is 1.50. The van der Waals surface area contributed by atoms with Gasteiger partial charge in [-0.05, 0) is 42.0 Å². The topological polar surface area (TPSA) is 85.8 Å². The first-order chi connectivity index (χ1) is 14.2. The zero-order valence-electron chi connectivity index (χ0n) is 15.5. The van der Waals surface area contributed by atoms with E-state index in [-0.39, 0.29) is 11.2 Å². The van der Waals surface area contributed by atoms with Crippen molar-refractivity contribution in [2.45, 2.75) is 6.92 Å². The number of para-hydroxylation sites is 2. The van der Waals surface area contributed by atoms with Gasteiger partial charge in [-0.1, -0.05) is 42.5 Å². The third-order valence-corrected chi connectivity index (χ3v) is 5.10. The lowest BCUT2D eigenvalue weighted by atomic mass is 10.1. The van der Waals surface area contributed by atoms with E-state index < -0.39 is 0 Å². The molecule has 0 unspecified atom stereocenters. The van der Waals surface area contributed by atoms with Gasteiger partial charge in [0.25, 0.3) is 5.56 Å². The molecule has 0 aliphatic heterocycles. The molecule has 0 saturated carbocycles. The van der Waals surface area contributed by atoms with Crippen LogP contribution in [0.4, 0.5) is 11.4 Å². The molecule has 0 radical (unpaired) electrons. The predicted octanol–water partition coefficient (Wildman–Crippen LogP) is 5.53. The molecule has 0 saturated heterocycles. The third kappa shape index (κ3) is 2.60. The van der Waals surface area contributed by atoms with Crippen LogP contribution in [0.2, 0.25) is 0 Å². The largest absolute Gasteiger partial charge is 0.338 e. The Balaban J connectivity index is 1.73. The lowest BCUT2D eigenvalue weighted by molar-refractivity contribution is 1.08. The molecule has 2 heterocycles. The van der Waals surface area contributed by atoms with Gasteiger partial charge < -0.3 is 4.98 Å². The van der Waals surface area contributed by atoms with Crippen molar-refractivity contribution in [1.29, 1.82) is 5.26 Å². The smallest absolute Gasteiger partial charge is 0.284 e. The Bertz CT molecular complexity index is 1550. The highest BCUT2D eigenvalue weighted by molar-refractivity contribution is 5.85. The first kappa shape index (κ1) is 16.9. The van der Waals surface area contributed by atoms with E-state index in [1.807, 2.05) is 66.7 Å². The van der Waals surface area contributed by atoms with Crippen molar-refractivity contribution in [3.05, 3.63) is 88.2 Å². The van der Waals surface area contributed by atoms with Crippen molar-refractivity contribution in [3.63, 3.8) is 0 Å². The van der Waals surface area contributed by atoms with E-state index in [2.05, 4.69) is 21.3 Å². The maximum absolute atomic E-state index is 13.2. The highest BCUT2D eigenvalue weighted by Gasteiger charge is 2.18. The van der Waals surface area contributed by atoms with Crippen molar-refractivity contribution < 1.29 is 0 Å². The molecule has 6 heteroatoms. The Morgan fingerprint density at radius 1 is 0.966 bits per heavy atom. The van der Waals surface area contributed by atoms with Gasteiger partial charge in [-0.25, -0.2) is 0 Å². The molecule has 5 aromatic rings. The van der Waals surface area contributed by atoms with Crippen LogP contribution >= 0.6 is 0 Å². The van der Waals surface area contributed by atoms with Crippen LogP contribution in [0.25, 0.3) is 27.5 Å². The van der Waals surface area contributed by atoms with Crippen LogP contribution in [0, 0.1) is 18.3 Å². The third-order valence-electron chi connectivity index (χ3n) is 5.10. The zero-order chi connectivity index (χ0) is 20.0. The number of azo groups is 1. The number of nitriles is 1. The van der Waals surface area contributed by atoms with E-state index in [1.165, 1.54) is 4.40 Å². The fourth-order valence-electron chi connectivity index (χ4n) is 3.63. The molecule has 138 valence electrons. The van der Waals surface area contributed by atoms with Crippen LogP contribution < -0.4 is 5.56 Å². The molecule has 0 spiro atoms. The molecule has 6 nitrogen and oxygen atoms in total. The fraction of sp³-hybridized carbons (Fsp3) is 0.0435. The summed E-state index contributed by atoms with van der Waals surface area (Å²) in [5, 5.41) is 20.4. The molecular formula is C23H15N5O. The Labute approximate surface area is 165 Å². The van der Waals surface area contributed by atoms with Crippen LogP contribution in [0.1, 0.15) is 11.1 Å². The van der Waals surface area contributed by atoms with Gasteiger partial charge in [0.1, 0.15) is 11.7 Å². The van der Waals surface area contributed by atoms with Gasteiger partial charge >= 0.3 is 0 Å². The number of fused-ring (bicyclic) bond motifs is 4. The number of rotatable bonds is 2. The van der Waals surface area contributed by atoms with Crippen molar-refractivity contribution in [3.8, 4) is 6.07 Å². The predicted molar refractivity (Wildman–Crippen MR) is 113 cm³/mol. The van der Waals surface area contributed by atoms with Gasteiger partial charge in [-0.15, -0.1) is 5.11 Å². The van der Waals surface area contributed by atoms with E-state index >= 15 is 0 Å². The summed E-state index contributed by atoms with van der Waals surface area (Å²) in [5.41, 5.74) is 3.35. The molecule has 0 bridgehead atoms. The van der Waals surface area contributed by atoms with Gasteiger partial charge in [-0.2, -0.15) is 10.4 Å². The average Bonchev–Trinajstić information content (AvgIpc) is 3.13. The lowest BCUT2D eigenvalue weighted by Gasteiger charge is -2.04. The summed E-state index contributed by atoms with van der Waals surface area (Å²) in [4.78, 5) is 16.4. The molecular weight excluding hydrogens is 362 g/mol. The van der Waals surface area contributed by atoms with Gasteiger partial charge in [0.15, 0.2) is 5.69 Å². The van der Waals surface area contributed by atoms with Crippen molar-refractivity contribution >= 4 is 38.8 Å². The van der Waals surface area contributed by atoms with Gasteiger partial charge in [0, 0.05) is 5.56 Å². The highest BCUT2D eigenvalue weighted by atomic mass is 16.1. The van der Waals surface area contributed by atoms with Crippen LogP contribution in [0.5, 0.6) is 0 Å². The number of benzene rings is 3. The van der Waals surface area contributed by atoms with Gasteiger partial charge in [0.2, 0.25) is 0 Å². The number of hydrogen-bond donors (Lipinski definition) is 1. The second kappa shape index (κ2) is 6.43. The molecule has 2 aromatic heterocycles. The first-order valence-electron chi connectivity index (χ1n) is 9.14. The van der Waals surface area contributed by atoms with E-state index in [0.29, 0.717) is 28.0 Å². The molecule has 0 amide bonds. The summed E-state index contributed by atoms with van der Waals surface area (Å²) in [5.74, 6) is 0. The fourth-order valence-corrected chi connectivity index (χ4v) is 3.63. The number of hydrogen-bond acceptors (Lipinski definition) is 4. The lowest BCUT2D eigenvalue weighted by Crippen LogP contribution is -2.14. The standard InChI is InChI=1S/C23H15N5O/c1-14-18(13-24)22-25-19-8-4-5-9-20(19)28(22)23(29)21(14)27-26-17-11-10-15-6-2-3-7-16(15)12-17/h2-12,25H,1H3. The number of H-pyrrole nitrogens is 1. The van der Waals surface area contributed by atoms with Crippen LogP contribution in [-0.2, 0) is 0 Å². The minimum absolute atomic E-state index is 0.164. The summed E-state index contributed by atoms with van der Waals surface area (Å²) >= 11 is 0.